The third-order valence-electron chi connectivity index (χ3n) is 5.18. The summed E-state index contributed by atoms with van der Waals surface area (Å²) in [7, 11) is 0. The molecule has 0 spiro atoms. The fourth-order valence-electron chi connectivity index (χ4n) is 3.64. The topological polar surface area (TPSA) is 61.4 Å². The molecule has 0 aliphatic carbocycles. The molecule has 5 nitrogen and oxygen atoms in total. The number of carbonyl (C=O) groups excluding carboxylic acids is 2. The van der Waals surface area contributed by atoms with Gasteiger partial charge < -0.3 is 10.6 Å². The molecule has 0 fully saturated rings. The molecule has 1 atom stereocenters. The standard InChI is InChI=1S/C28H25N3O2/c1-21-12-11-15-23(20-21)29-28(33)30-26(22-13-5-2-6-14-22)27(32)31(24-16-7-3-8-17-24)25-18-9-4-10-19-25/h2-20,26H,1H3,(H2,29,30,33). The van der Waals surface area contributed by atoms with E-state index < -0.39 is 12.1 Å². The number of para-hydroxylation sites is 2. The van der Waals surface area contributed by atoms with Crippen molar-refractivity contribution in [1.29, 1.82) is 0 Å². The summed E-state index contributed by atoms with van der Waals surface area (Å²) in [5.41, 5.74) is 3.82. The van der Waals surface area contributed by atoms with Crippen molar-refractivity contribution < 1.29 is 9.59 Å². The normalized spacial score (nSPS) is 11.3. The van der Waals surface area contributed by atoms with Crippen molar-refractivity contribution in [2.45, 2.75) is 13.0 Å². The van der Waals surface area contributed by atoms with Gasteiger partial charge in [0.25, 0.3) is 5.91 Å². The van der Waals surface area contributed by atoms with Gasteiger partial charge in [0.05, 0.1) is 0 Å². The Balaban J connectivity index is 1.68. The van der Waals surface area contributed by atoms with Crippen LogP contribution in [0.25, 0.3) is 0 Å². The summed E-state index contributed by atoms with van der Waals surface area (Å²) in [6.07, 6.45) is 0. The van der Waals surface area contributed by atoms with Crippen molar-refractivity contribution >= 4 is 29.0 Å². The van der Waals surface area contributed by atoms with E-state index in [4.69, 9.17) is 0 Å². The van der Waals surface area contributed by atoms with Gasteiger partial charge in [-0.25, -0.2) is 4.79 Å². The summed E-state index contributed by atoms with van der Waals surface area (Å²) in [4.78, 5) is 28.5. The lowest BCUT2D eigenvalue weighted by molar-refractivity contribution is -0.119. The molecule has 1 unspecified atom stereocenters. The number of anilines is 3. The van der Waals surface area contributed by atoms with E-state index in [1.165, 1.54) is 0 Å². The average Bonchev–Trinajstić information content (AvgIpc) is 2.84. The Bertz CT molecular complexity index is 1170. The van der Waals surface area contributed by atoms with Crippen LogP contribution >= 0.6 is 0 Å². The molecule has 4 aromatic carbocycles. The van der Waals surface area contributed by atoms with E-state index in [0.29, 0.717) is 11.3 Å². The number of amides is 3. The van der Waals surface area contributed by atoms with Crippen LogP contribution in [0.15, 0.2) is 115 Å². The highest BCUT2D eigenvalue weighted by Gasteiger charge is 2.29. The lowest BCUT2D eigenvalue weighted by atomic mass is 10.0. The maximum Gasteiger partial charge on any atom is 0.320 e. The number of aryl methyl sites for hydroxylation is 1. The first kappa shape index (κ1) is 21.8. The first-order valence-electron chi connectivity index (χ1n) is 10.7. The van der Waals surface area contributed by atoms with Crippen molar-refractivity contribution in [2.75, 3.05) is 10.2 Å². The van der Waals surface area contributed by atoms with Crippen LogP contribution in [-0.2, 0) is 4.79 Å². The van der Waals surface area contributed by atoms with Gasteiger partial charge in [-0.05, 0) is 54.4 Å². The smallest absolute Gasteiger partial charge is 0.320 e. The first-order valence-corrected chi connectivity index (χ1v) is 10.7. The summed E-state index contributed by atoms with van der Waals surface area (Å²) in [6, 6.07) is 34.3. The van der Waals surface area contributed by atoms with Crippen molar-refractivity contribution in [3.63, 3.8) is 0 Å². The molecule has 3 amide bonds. The molecule has 0 aromatic heterocycles. The zero-order valence-corrected chi connectivity index (χ0v) is 18.3. The van der Waals surface area contributed by atoms with Crippen LogP contribution in [0.1, 0.15) is 17.2 Å². The second kappa shape index (κ2) is 10.3. The second-order valence-corrected chi connectivity index (χ2v) is 7.66. The van der Waals surface area contributed by atoms with Crippen molar-refractivity contribution in [3.8, 4) is 0 Å². The third-order valence-corrected chi connectivity index (χ3v) is 5.18. The lowest BCUT2D eigenvalue weighted by Gasteiger charge is -2.28. The maximum absolute atomic E-state index is 14.0. The number of rotatable bonds is 6. The zero-order valence-electron chi connectivity index (χ0n) is 18.3. The minimum Gasteiger partial charge on any atom is -0.322 e. The molecule has 33 heavy (non-hydrogen) atoms. The van der Waals surface area contributed by atoms with Gasteiger partial charge in [-0.15, -0.1) is 0 Å². The Labute approximate surface area is 193 Å². The predicted molar refractivity (Wildman–Crippen MR) is 133 cm³/mol. The van der Waals surface area contributed by atoms with E-state index in [1.54, 1.807) is 4.90 Å². The molecule has 0 heterocycles. The number of nitrogens with one attached hydrogen (secondary N) is 2. The van der Waals surface area contributed by atoms with Crippen molar-refractivity contribution in [3.05, 3.63) is 126 Å². The van der Waals surface area contributed by atoms with Gasteiger partial charge >= 0.3 is 6.03 Å². The SMILES string of the molecule is Cc1cccc(NC(=O)NC(C(=O)N(c2ccccc2)c2ccccc2)c2ccccc2)c1. The molecule has 2 N–H and O–H groups in total. The Morgan fingerprint density at radius 3 is 1.79 bits per heavy atom. The number of hydrogen-bond donors (Lipinski definition) is 2. The highest BCUT2D eigenvalue weighted by molar-refractivity contribution is 6.06. The second-order valence-electron chi connectivity index (χ2n) is 7.66. The molecular formula is C28H25N3O2. The Hall–Kier alpha value is -4.38. The maximum atomic E-state index is 14.0. The Morgan fingerprint density at radius 2 is 1.24 bits per heavy atom. The number of nitrogens with zero attached hydrogens (tertiary/aromatic N) is 1. The molecule has 0 saturated heterocycles. The van der Waals surface area contributed by atoms with Crippen LogP contribution in [0.3, 0.4) is 0 Å². The van der Waals surface area contributed by atoms with Crippen molar-refractivity contribution in [2.24, 2.45) is 0 Å². The van der Waals surface area contributed by atoms with Gasteiger partial charge in [-0.1, -0.05) is 78.9 Å². The van der Waals surface area contributed by atoms with Crippen LogP contribution in [0, 0.1) is 6.92 Å². The van der Waals surface area contributed by atoms with Crippen LogP contribution in [-0.4, -0.2) is 11.9 Å². The summed E-state index contributed by atoms with van der Waals surface area (Å²) < 4.78 is 0. The number of benzene rings is 4. The van der Waals surface area contributed by atoms with Gasteiger partial charge in [-0.3, -0.25) is 9.69 Å². The quantitative estimate of drug-likeness (QED) is 0.377. The minimum atomic E-state index is -0.892. The van der Waals surface area contributed by atoms with Gasteiger partial charge in [0, 0.05) is 17.1 Å². The van der Waals surface area contributed by atoms with Crippen LogP contribution in [0.2, 0.25) is 0 Å². The van der Waals surface area contributed by atoms with E-state index in [-0.39, 0.29) is 5.91 Å². The van der Waals surface area contributed by atoms with E-state index in [1.807, 2.05) is 122 Å². The highest BCUT2D eigenvalue weighted by atomic mass is 16.2. The van der Waals surface area contributed by atoms with E-state index in [0.717, 1.165) is 16.9 Å². The van der Waals surface area contributed by atoms with E-state index in [2.05, 4.69) is 10.6 Å². The highest BCUT2D eigenvalue weighted by Crippen LogP contribution is 2.29. The van der Waals surface area contributed by atoms with Gasteiger partial charge in [0.15, 0.2) is 0 Å². The van der Waals surface area contributed by atoms with Crippen LogP contribution in [0.4, 0.5) is 21.9 Å². The molecule has 0 radical (unpaired) electrons. The van der Waals surface area contributed by atoms with Crippen LogP contribution in [0.5, 0.6) is 0 Å². The zero-order chi connectivity index (χ0) is 23.0. The first-order chi connectivity index (χ1) is 16.1. The van der Waals surface area contributed by atoms with E-state index >= 15 is 0 Å². The summed E-state index contributed by atoms with van der Waals surface area (Å²) in [5, 5.41) is 5.72. The minimum absolute atomic E-state index is 0.266. The molecule has 0 bridgehead atoms. The fourth-order valence-corrected chi connectivity index (χ4v) is 3.64. The van der Waals surface area contributed by atoms with Crippen LogP contribution < -0.4 is 15.5 Å². The summed E-state index contributed by atoms with van der Waals surface area (Å²) >= 11 is 0. The van der Waals surface area contributed by atoms with Crippen molar-refractivity contribution in [1.82, 2.24) is 5.32 Å². The summed E-state index contributed by atoms with van der Waals surface area (Å²) in [6.45, 7) is 1.96. The van der Waals surface area contributed by atoms with Gasteiger partial charge in [-0.2, -0.15) is 0 Å². The van der Waals surface area contributed by atoms with E-state index in [9.17, 15) is 9.59 Å². The predicted octanol–water partition coefficient (Wildman–Crippen LogP) is 6.22. The molecule has 0 aliphatic heterocycles. The average molecular weight is 436 g/mol. The largest absolute Gasteiger partial charge is 0.322 e. The molecule has 5 heteroatoms. The fraction of sp³-hybridized carbons (Fsp3) is 0.0714. The monoisotopic (exact) mass is 435 g/mol. The Morgan fingerprint density at radius 1 is 0.697 bits per heavy atom. The Kier molecular flexibility index (Phi) is 6.81. The number of urea groups is 1. The van der Waals surface area contributed by atoms with Gasteiger partial charge in [0.1, 0.15) is 6.04 Å². The molecule has 164 valence electrons. The molecule has 4 rings (SSSR count). The summed E-state index contributed by atoms with van der Waals surface area (Å²) in [5.74, 6) is -0.266. The third kappa shape index (κ3) is 5.46. The lowest BCUT2D eigenvalue weighted by Crippen LogP contribution is -2.42. The molecule has 0 saturated carbocycles. The van der Waals surface area contributed by atoms with Gasteiger partial charge in [0.2, 0.25) is 0 Å². The molecule has 4 aromatic rings. The number of carbonyl (C=O) groups is 2. The molecule has 0 aliphatic rings. The molecular weight excluding hydrogens is 410 g/mol. The number of hydrogen-bond acceptors (Lipinski definition) is 2.